The molecule has 1 aliphatic heterocycles. The van der Waals surface area contributed by atoms with Crippen LogP contribution in [-0.4, -0.2) is 47.6 Å². The van der Waals surface area contributed by atoms with Crippen molar-refractivity contribution < 1.29 is 19.4 Å². The second-order valence-corrected chi connectivity index (χ2v) is 8.42. The lowest BCUT2D eigenvalue weighted by Gasteiger charge is -2.41. The molecule has 2 N–H and O–H groups in total. The molecule has 0 spiro atoms. The first-order valence-electron chi connectivity index (χ1n) is 10.9. The first kappa shape index (κ1) is 21.6. The van der Waals surface area contributed by atoms with Gasteiger partial charge in [-0.05, 0) is 31.7 Å². The van der Waals surface area contributed by atoms with Gasteiger partial charge >= 0.3 is 0 Å². The van der Waals surface area contributed by atoms with Gasteiger partial charge < -0.3 is 20.1 Å². The van der Waals surface area contributed by atoms with Gasteiger partial charge in [-0.25, -0.2) is 0 Å². The quantitative estimate of drug-likeness (QED) is 0.700. The van der Waals surface area contributed by atoms with Crippen LogP contribution in [0.25, 0.3) is 0 Å². The summed E-state index contributed by atoms with van der Waals surface area (Å²) in [5.41, 5.74) is 0.0843. The summed E-state index contributed by atoms with van der Waals surface area (Å²) < 4.78 is 5.56. The van der Waals surface area contributed by atoms with Gasteiger partial charge in [0.05, 0.1) is 24.7 Å². The van der Waals surface area contributed by atoms with Crippen molar-refractivity contribution in [3.63, 3.8) is 0 Å². The zero-order valence-electron chi connectivity index (χ0n) is 17.7. The number of amides is 2. The number of para-hydroxylation sites is 1. The Balaban J connectivity index is 1.86. The Hall–Kier alpha value is -2.08. The van der Waals surface area contributed by atoms with Crippen LogP contribution in [0.15, 0.2) is 24.3 Å². The predicted octanol–water partition coefficient (Wildman–Crippen LogP) is 3.20. The Morgan fingerprint density at radius 3 is 2.72 bits per heavy atom. The van der Waals surface area contributed by atoms with Crippen LogP contribution in [0.4, 0.5) is 0 Å². The summed E-state index contributed by atoms with van der Waals surface area (Å²) in [4.78, 5) is 27.8. The zero-order valence-corrected chi connectivity index (χ0v) is 17.7. The molecule has 2 atom stereocenters. The van der Waals surface area contributed by atoms with Crippen LogP contribution in [0.2, 0.25) is 0 Å². The minimum absolute atomic E-state index is 0.0878. The molecule has 0 radical (unpaired) electrons. The van der Waals surface area contributed by atoms with Gasteiger partial charge in [0.25, 0.3) is 0 Å². The normalized spacial score (nSPS) is 23.8. The fraction of sp³-hybridized carbons (Fsp3) is 0.652. The number of piperidine rings is 1. The SMILES string of the molecule is CCCCN1C(=O)CC[C@H](C(=O)NCC2(O)CCCC2)[C@H]1c1ccccc1OC. The number of nitrogens with zero attached hydrogens (tertiary/aromatic N) is 1. The maximum absolute atomic E-state index is 13.2. The number of hydrogen-bond donors (Lipinski definition) is 2. The number of rotatable bonds is 8. The first-order chi connectivity index (χ1) is 14.0. The van der Waals surface area contributed by atoms with Gasteiger partial charge in [0.1, 0.15) is 5.75 Å². The van der Waals surface area contributed by atoms with E-state index in [1.54, 1.807) is 7.11 Å². The summed E-state index contributed by atoms with van der Waals surface area (Å²) in [6.07, 6.45) is 6.21. The van der Waals surface area contributed by atoms with Crippen LogP contribution in [0, 0.1) is 5.92 Å². The zero-order chi connectivity index (χ0) is 20.9. The highest BCUT2D eigenvalue weighted by atomic mass is 16.5. The Labute approximate surface area is 173 Å². The summed E-state index contributed by atoms with van der Waals surface area (Å²) >= 11 is 0. The number of ether oxygens (including phenoxy) is 1. The van der Waals surface area contributed by atoms with E-state index in [1.807, 2.05) is 29.2 Å². The van der Waals surface area contributed by atoms with Crippen molar-refractivity contribution in [3.05, 3.63) is 29.8 Å². The summed E-state index contributed by atoms with van der Waals surface area (Å²) in [7, 11) is 1.62. The van der Waals surface area contributed by atoms with E-state index < -0.39 is 5.60 Å². The molecule has 1 aliphatic carbocycles. The fourth-order valence-corrected chi connectivity index (χ4v) is 4.71. The lowest BCUT2D eigenvalue weighted by molar-refractivity contribution is -0.144. The number of carbonyl (C=O) groups excluding carboxylic acids is 2. The van der Waals surface area contributed by atoms with Crippen molar-refractivity contribution in [3.8, 4) is 5.75 Å². The standard InChI is InChI=1S/C23H34N2O4/c1-3-4-15-25-20(26)12-11-18(21(25)17-9-5-6-10-19(17)29-2)22(27)24-16-23(28)13-7-8-14-23/h5-6,9-10,18,21,28H,3-4,7-8,11-16H2,1-2H3,(H,24,27)/t18-,21+/m0/s1. The summed E-state index contributed by atoms with van der Waals surface area (Å²) in [5.74, 6) is 0.342. The minimum atomic E-state index is -0.790. The summed E-state index contributed by atoms with van der Waals surface area (Å²) in [5, 5.41) is 13.6. The number of aliphatic hydroxyl groups is 1. The molecule has 29 heavy (non-hydrogen) atoms. The van der Waals surface area contributed by atoms with E-state index >= 15 is 0 Å². The summed E-state index contributed by atoms with van der Waals surface area (Å²) in [6, 6.07) is 7.30. The minimum Gasteiger partial charge on any atom is -0.496 e. The molecular weight excluding hydrogens is 368 g/mol. The highest BCUT2D eigenvalue weighted by Crippen LogP contribution is 2.41. The van der Waals surface area contributed by atoms with Crippen molar-refractivity contribution in [1.29, 1.82) is 0 Å². The third kappa shape index (κ3) is 4.92. The van der Waals surface area contributed by atoms with Gasteiger partial charge in [-0.2, -0.15) is 0 Å². The van der Waals surface area contributed by atoms with Gasteiger partial charge in [0.15, 0.2) is 0 Å². The number of hydrogen-bond acceptors (Lipinski definition) is 4. The Morgan fingerprint density at radius 2 is 2.03 bits per heavy atom. The van der Waals surface area contributed by atoms with Crippen LogP contribution in [0.5, 0.6) is 5.75 Å². The predicted molar refractivity (Wildman–Crippen MR) is 112 cm³/mol. The Morgan fingerprint density at radius 1 is 1.31 bits per heavy atom. The number of likely N-dealkylation sites (tertiary alicyclic amines) is 1. The van der Waals surface area contributed by atoms with E-state index in [0.29, 0.717) is 25.1 Å². The van der Waals surface area contributed by atoms with Crippen molar-refractivity contribution >= 4 is 11.8 Å². The molecule has 2 amide bonds. The van der Waals surface area contributed by atoms with E-state index in [9.17, 15) is 14.7 Å². The monoisotopic (exact) mass is 402 g/mol. The van der Waals surface area contributed by atoms with Crippen LogP contribution in [-0.2, 0) is 9.59 Å². The van der Waals surface area contributed by atoms with Crippen LogP contribution in [0.3, 0.4) is 0 Å². The molecule has 0 aromatic heterocycles. The second-order valence-electron chi connectivity index (χ2n) is 8.42. The van der Waals surface area contributed by atoms with Gasteiger partial charge in [-0.1, -0.05) is 44.4 Å². The average Bonchev–Trinajstić information content (AvgIpc) is 3.17. The summed E-state index contributed by atoms with van der Waals surface area (Å²) in [6.45, 7) is 3.01. The van der Waals surface area contributed by atoms with Gasteiger partial charge in [-0.15, -0.1) is 0 Å². The van der Waals surface area contributed by atoms with Crippen LogP contribution in [0.1, 0.15) is 69.9 Å². The topological polar surface area (TPSA) is 78.9 Å². The lowest BCUT2D eigenvalue weighted by atomic mass is 9.82. The second kappa shape index (κ2) is 9.61. The average molecular weight is 403 g/mol. The van der Waals surface area contributed by atoms with Gasteiger partial charge in [0, 0.05) is 25.1 Å². The molecule has 3 rings (SSSR count). The van der Waals surface area contributed by atoms with E-state index in [4.69, 9.17) is 4.74 Å². The van der Waals surface area contributed by atoms with Gasteiger partial charge in [-0.3, -0.25) is 9.59 Å². The third-order valence-corrected chi connectivity index (χ3v) is 6.38. The molecule has 1 aromatic rings. The maximum Gasteiger partial charge on any atom is 0.225 e. The van der Waals surface area contributed by atoms with Crippen molar-refractivity contribution in [1.82, 2.24) is 10.2 Å². The van der Waals surface area contributed by atoms with E-state index in [0.717, 1.165) is 44.1 Å². The molecule has 2 aliphatic rings. The lowest BCUT2D eigenvalue weighted by Crippen LogP contribution is -2.50. The molecule has 1 heterocycles. The van der Waals surface area contributed by atoms with E-state index in [1.165, 1.54) is 0 Å². The highest BCUT2D eigenvalue weighted by Gasteiger charge is 2.42. The van der Waals surface area contributed by atoms with Crippen LogP contribution >= 0.6 is 0 Å². The highest BCUT2D eigenvalue weighted by molar-refractivity contribution is 5.85. The van der Waals surface area contributed by atoms with Crippen LogP contribution < -0.4 is 10.1 Å². The number of benzene rings is 1. The van der Waals surface area contributed by atoms with Crippen molar-refractivity contribution in [2.45, 2.75) is 69.9 Å². The molecule has 6 heteroatoms. The number of nitrogens with one attached hydrogen (secondary N) is 1. The molecule has 160 valence electrons. The molecule has 0 unspecified atom stereocenters. The number of unbranched alkanes of at least 4 members (excludes halogenated alkanes) is 1. The first-order valence-corrected chi connectivity index (χ1v) is 10.9. The van der Waals surface area contributed by atoms with Gasteiger partial charge in [0.2, 0.25) is 11.8 Å². The molecule has 6 nitrogen and oxygen atoms in total. The van der Waals surface area contributed by atoms with Crippen molar-refractivity contribution in [2.75, 3.05) is 20.2 Å². The fourth-order valence-electron chi connectivity index (χ4n) is 4.71. The number of carbonyl (C=O) groups is 2. The molecule has 1 saturated heterocycles. The molecule has 1 saturated carbocycles. The maximum atomic E-state index is 13.2. The Kier molecular flexibility index (Phi) is 7.17. The Bertz CT molecular complexity index is 715. The van der Waals surface area contributed by atoms with Crippen molar-refractivity contribution in [2.24, 2.45) is 5.92 Å². The smallest absolute Gasteiger partial charge is 0.225 e. The largest absolute Gasteiger partial charge is 0.496 e. The van der Waals surface area contributed by atoms with E-state index in [-0.39, 0.29) is 30.3 Å². The molecular formula is C23H34N2O4. The molecule has 0 bridgehead atoms. The third-order valence-electron chi connectivity index (χ3n) is 6.38. The van der Waals surface area contributed by atoms with E-state index in [2.05, 4.69) is 12.2 Å². The molecule has 1 aromatic carbocycles. The molecule has 2 fully saturated rings. The number of methoxy groups -OCH3 is 1.